The van der Waals surface area contributed by atoms with E-state index in [0.717, 1.165) is 13.1 Å². The second-order valence-corrected chi connectivity index (χ2v) is 9.49. The molecule has 2 fully saturated rings. The molecule has 1 aliphatic heterocycles. The zero-order valence-corrected chi connectivity index (χ0v) is 18.3. The fourth-order valence-corrected chi connectivity index (χ4v) is 5.24. The van der Waals surface area contributed by atoms with E-state index in [9.17, 15) is 13.2 Å². The fourth-order valence-electron chi connectivity index (χ4n) is 3.82. The van der Waals surface area contributed by atoms with Gasteiger partial charge in [0.25, 0.3) is 0 Å². The molecular weight excluding hydrogens is 426 g/mol. The van der Waals surface area contributed by atoms with Gasteiger partial charge in [0.2, 0.25) is 15.9 Å². The summed E-state index contributed by atoms with van der Waals surface area (Å²) >= 11 is 0. The topological polar surface area (TPSA) is 144 Å². The molecule has 31 heavy (non-hydrogen) atoms. The van der Waals surface area contributed by atoms with Gasteiger partial charge in [-0.1, -0.05) is 19.3 Å². The lowest BCUT2D eigenvalue weighted by Crippen LogP contribution is -2.52. The van der Waals surface area contributed by atoms with Crippen molar-refractivity contribution in [2.24, 2.45) is 0 Å². The molecule has 1 saturated carbocycles. The first-order chi connectivity index (χ1) is 14.6. The number of piperazine rings is 1. The third kappa shape index (κ3) is 7.30. The number of rotatable bonds is 4. The number of benzene rings is 1. The summed E-state index contributed by atoms with van der Waals surface area (Å²) in [5.74, 6) is -3.82. The number of hydrogen-bond donors (Lipinski definition) is 3. The molecule has 0 aromatic heterocycles. The summed E-state index contributed by atoms with van der Waals surface area (Å²) in [7, 11) is -3.47. The van der Waals surface area contributed by atoms with Crippen molar-refractivity contribution in [2.75, 3.05) is 31.5 Å². The quantitative estimate of drug-likeness (QED) is 0.579. The molecular formula is C20H29N3O7S. The zero-order chi connectivity index (χ0) is 23.0. The molecule has 3 N–H and O–H groups in total. The van der Waals surface area contributed by atoms with Gasteiger partial charge in [0.15, 0.2) is 0 Å². The lowest BCUT2D eigenvalue weighted by Gasteiger charge is -2.40. The summed E-state index contributed by atoms with van der Waals surface area (Å²) < 4.78 is 27.2. The lowest BCUT2D eigenvalue weighted by atomic mass is 9.94. The van der Waals surface area contributed by atoms with E-state index in [1.807, 2.05) is 0 Å². The summed E-state index contributed by atoms with van der Waals surface area (Å²) in [5.41, 5.74) is 0.605. The van der Waals surface area contributed by atoms with Crippen molar-refractivity contribution in [3.8, 4) is 0 Å². The van der Waals surface area contributed by atoms with Gasteiger partial charge in [-0.3, -0.25) is 9.69 Å². The second kappa shape index (κ2) is 11.2. The van der Waals surface area contributed by atoms with Crippen molar-refractivity contribution in [1.29, 1.82) is 0 Å². The zero-order valence-electron chi connectivity index (χ0n) is 17.5. The van der Waals surface area contributed by atoms with E-state index in [4.69, 9.17) is 19.8 Å². The molecule has 0 bridgehead atoms. The van der Waals surface area contributed by atoms with E-state index in [1.165, 1.54) is 39.0 Å². The van der Waals surface area contributed by atoms with Crippen LogP contribution in [0.1, 0.15) is 39.0 Å². The number of anilines is 1. The normalized spacial score (nSPS) is 18.5. The molecule has 3 rings (SSSR count). The molecule has 1 amide bonds. The first-order valence-corrected chi connectivity index (χ1v) is 11.6. The molecule has 0 radical (unpaired) electrons. The van der Waals surface area contributed by atoms with Crippen molar-refractivity contribution in [1.82, 2.24) is 9.21 Å². The number of nitrogens with zero attached hydrogens (tertiary/aromatic N) is 2. The van der Waals surface area contributed by atoms with Gasteiger partial charge in [0, 0.05) is 44.8 Å². The minimum Gasteiger partial charge on any atom is -0.473 e. The van der Waals surface area contributed by atoms with Crippen LogP contribution < -0.4 is 5.32 Å². The van der Waals surface area contributed by atoms with Gasteiger partial charge in [-0.25, -0.2) is 18.0 Å². The minimum absolute atomic E-state index is 0.172. The summed E-state index contributed by atoms with van der Waals surface area (Å²) in [6, 6.07) is 7.02. The van der Waals surface area contributed by atoms with Crippen LogP contribution in [0.2, 0.25) is 0 Å². The number of carboxylic acid groups (broad SMARTS) is 2. The highest BCUT2D eigenvalue weighted by Gasteiger charge is 2.31. The van der Waals surface area contributed by atoms with Gasteiger partial charge in [-0.2, -0.15) is 4.31 Å². The number of aliphatic carboxylic acids is 2. The highest BCUT2D eigenvalue weighted by atomic mass is 32.2. The van der Waals surface area contributed by atoms with Crippen LogP contribution >= 0.6 is 0 Å². The minimum atomic E-state index is -3.47. The Labute approximate surface area is 181 Å². The van der Waals surface area contributed by atoms with E-state index in [2.05, 4.69) is 10.2 Å². The Balaban J connectivity index is 0.000000501. The molecule has 0 spiro atoms. The van der Waals surface area contributed by atoms with Crippen LogP contribution in [0.25, 0.3) is 0 Å². The van der Waals surface area contributed by atoms with Gasteiger partial charge in [-0.05, 0) is 37.1 Å². The second-order valence-electron chi connectivity index (χ2n) is 7.55. The molecule has 0 atom stereocenters. The number of carboxylic acids is 2. The molecule has 10 nitrogen and oxygen atoms in total. The van der Waals surface area contributed by atoms with Crippen LogP contribution in [0.5, 0.6) is 0 Å². The third-order valence-corrected chi connectivity index (χ3v) is 7.27. The van der Waals surface area contributed by atoms with E-state index in [1.54, 1.807) is 28.6 Å². The van der Waals surface area contributed by atoms with Gasteiger partial charge in [0.1, 0.15) is 0 Å². The Kier molecular flexibility index (Phi) is 8.96. The first-order valence-electron chi connectivity index (χ1n) is 10.2. The average Bonchev–Trinajstić information content (AvgIpc) is 2.75. The molecule has 2 aliphatic rings. The van der Waals surface area contributed by atoms with Crippen molar-refractivity contribution >= 4 is 33.6 Å². The Morgan fingerprint density at radius 2 is 1.42 bits per heavy atom. The number of amides is 1. The van der Waals surface area contributed by atoms with E-state index in [0.29, 0.717) is 24.8 Å². The third-order valence-electron chi connectivity index (χ3n) is 5.36. The molecule has 1 aromatic carbocycles. The molecule has 1 aliphatic carbocycles. The summed E-state index contributed by atoms with van der Waals surface area (Å²) in [4.78, 5) is 32.0. The summed E-state index contributed by atoms with van der Waals surface area (Å²) in [6.45, 7) is 4.15. The van der Waals surface area contributed by atoms with Crippen LogP contribution in [-0.2, 0) is 24.4 Å². The van der Waals surface area contributed by atoms with Gasteiger partial charge in [-0.15, -0.1) is 0 Å². The molecule has 1 saturated heterocycles. The predicted octanol–water partition coefficient (Wildman–Crippen LogP) is 1.44. The highest BCUT2D eigenvalue weighted by molar-refractivity contribution is 7.89. The molecule has 0 unspecified atom stereocenters. The molecule has 1 aromatic rings. The molecule has 172 valence electrons. The van der Waals surface area contributed by atoms with Crippen molar-refractivity contribution in [3.05, 3.63) is 24.3 Å². The van der Waals surface area contributed by atoms with Crippen LogP contribution in [-0.4, -0.2) is 77.9 Å². The first kappa shape index (κ1) is 24.8. The largest absolute Gasteiger partial charge is 0.473 e. The highest BCUT2D eigenvalue weighted by Crippen LogP contribution is 2.25. The SMILES string of the molecule is CC(=O)Nc1ccc(S(=O)(=O)N2CCN(C3CCCCC3)CC2)cc1.O=C(O)C(=O)O. The van der Waals surface area contributed by atoms with Crippen LogP contribution in [0, 0.1) is 0 Å². The van der Waals surface area contributed by atoms with Gasteiger partial charge < -0.3 is 15.5 Å². The lowest BCUT2D eigenvalue weighted by molar-refractivity contribution is -0.159. The van der Waals surface area contributed by atoms with E-state index < -0.39 is 22.0 Å². The number of sulfonamides is 1. The van der Waals surface area contributed by atoms with Gasteiger partial charge in [0.05, 0.1) is 4.90 Å². The van der Waals surface area contributed by atoms with Gasteiger partial charge >= 0.3 is 11.9 Å². The Bertz CT molecular complexity index is 861. The number of hydrogen-bond acceptors (Lipinski definition) is 6. The number of nitrogens with one attached hydrogen (secondary N) is 1. The monoisotopic (exact) mass is 455 g/mol. The Hall–Kier alpha value is -2.50. The van der Waals surface area contributed by atoms with Crippen molar-refractivity contribution in [3.63, 3.8) is 0 Å². The average molecular weight is 456 g/mol. The van der Waals surface area contributed by atoms with E-state index >= 15 is 0 Å². The fraction of sp³-hybridized carbons (Fsp3) is 0.550. The van der Waals surface area contributed by atoms with Crippen molar-refractivity contribution in [2.45, 2.75) is 50.0 Å². The maximum Gasteiger partial charge on any atom is 0.414 e. The van der Waals surface area contributed by atoms with Crippen LogP contribution in [0.15, 0.2) is 29.2 Å². The smallest absolute Gasteiger partial charge is 0.414 e. The standard InChI is InChI=1S/C18H27N3O3S.C2H2O4/c1-15(22)19-16-7-9-18(10-8-16)25(23,24)21-13-11-20(12-14-21)17-5-3-2-4-6-17;3-1(4)2(5)6/h7-10,17H,2-6,11-14H2,1H3,(H,19,22);(H,3,4)(H,5,6). The Morgan fingerprint density at radius 3 is 1.87 bits per heavy atom. The predicted molar refractivity (Wildman–Crippen MR) is 113 cm³/mol. The summed E-state index contributed by atoms with van der Waals surface area (Å²) in [5, 5.41) is 17.4. The molecule has 11 heteroatoms. The number of carbonyl (C=O) groups is 3. The number of carbonyl (C=O) groups excluding carboxylic acids is 1. The van der Waals surface area contributed by atoms with E-state index in [-0.39, 0.29) is 10.8 Å². The molecule has 1 heterocycles. The van der Waals surface area contributed by atoms with Crippen LogP contribution in [0.3, 0.4) is 0 Å². The van der Waals surface area contributed by atoms with Crippen molar-refractivity contribution < 1.29 is 33.0 Å². The van der Waals surface area contributed by atoms with Crippen LogP contribution in [0.4, 0.5) is 5.69 Å². The maximum absolute atomic E-state index is 12.8. The summed E-state index contributed by atoms with van der Waals surface area (Å²) in [6.07, 6.45) is 6.42. The maximum atomic E-state index is 12.8. The Morgan fingerprint density at radius 1 is 0.903 bits per heavy atom.